The molecule has 2 aromatic carbocycles. The Morgan fingerprint density at radius 1 is 1.00 bits per heavy atom. The van der Waals surface area contributed by atoms with Crippen molar-refractivity contribution in [3.05, 3.63) is 94.4 Å². The van der Waals surface area contributed by atoms with Crippen molar-refractivity contribution >= 4 is 0 Å². The van der Waals surface area contributed by atoms with Gasteiger partial charge < -0.3 is 15.0 Å². The number of likely N-dealkylation sites (N-methyl/N-ethyl adjacent to an activating group) is 1. The van der Waals surface area contributed by atoms with Gasteiger partial charge >= 0.3 is 0 Å². The second-order valence-corrected chi connectivity index (χ2v) is 6.01. The molecule has 3 rings (SSSR count). The molecule has 1 heterocycles. The highest BCUT2D eigenvalue weighted by Crippen LogP contribution is 2.23. The molecule has 4 heteroatoms. The van der Waals surface area contributed by atoms with Gasteiger partial charge in [-0.15, -0.1) is 0 Å². The lowest BCUT2D eigenvalue weighted by Crippen LogP contribution is -2.19. The summed E-state index contributed by atoms with van der Waals surface area (Å²) in [5, 5.41) is 12.6. The number of rotatable bonds is 6. The highest BCUT2D eigenvalue weighted by molar-refractivity contribution is 5.64. The molecule has 2 N–H and O–H groups in total. The third kappa shape index (κ3) is 4.05. The number of hydrogen-bond acceptors (Lipinski definition) is 3. The van der Waals surface area contributed by atoms with Gasteiger partial charge in [-0.2, -0.15) is 0 Å². The van der Waals surface area contributed by atoms with Gasteiger partial charge in [-0.05, 0) is 41.4 Å². The van der Waals surface area contributed by atoms with E-state index in [0.29, 0.717) is 6.54 Å². The predicted molar refractivity (Wildman–Crippen MR) is 101 cm³/mol. The molecule has 1 aromatic heterocycles. The molecule has 1 unspecified atom stereocenters. The van der Waals surface area contributed by atoms with Gasteiger partial charge in [-0.3, -0.25) is 4.79 Å². The Balaban J connectivity index is 1.82. The first kappa shape index (κ1) is 17.1. The number of nitrogens with one attached hydrogen (secondary N) is 1. The lowest BCUT2D eigenvalue weighted by atomic mass is 9.99. The second-order valence-electron chi connectivity index (χ2n) is 6.01. The smallest absolute Gasteiger partial charge is 0.250 e. The van der Waals surface area contributed by atoms with E-state index < -0.39 is 0 Å². The first-order valence-corrected chi connectivity index (χ1v) is 8.34. The van der Waals surface area contributed by atoms with Gasteiger partial charge in [0, 0.05) is 12.3 Å². The van der Waals surface area contributed by atoms with Crippen molar-refractivity contribution in [1.82, 2.24) is 9.88 Å². The number of aliphatic hydroxyl groups is 1. The van der Waals surface area contributed by atoms with Crippen LogP contribution in [0.2, 0.25) is 0 Å². The van der Waals surface area contributed by atoms with Crippen molar-refractivity contribution in [3.8, 4) is 11.1 Å². The lowest BCUT2D eigenvalue weighted by Gasteiger charge is -2.15. The first-order chi connectivity index (χ1) is 12.2. The normalized spacial score (nSPS) is 12.1. The van der Waals surface area contributed by atoms with Crippen LogP contribution in [0, 0.1) is 0 Å². The average Bonchev–Trinajstić information content (AvgIpc) is 2.66. The van der Waals surface area contributed by atoms with E-state index in [0.717, 1.165) is 22.3 Å². The Kier molecular flexibility index (Phi) is 5.43. The maximum Gasteiger partial charge on any atom is 0.250 e. The Bertz CT molecular complexity index is 881. The summed E-state index contributed by atoms with van der Waals surface area (Å²) in [5.41, 5.74) is 4.36. The van der Waals surface area contributed by atoms with Crippen LogP contribution in [0.5, 0.6) is 0 Å². The Morgan fingerprint density at radius 3 is 2.48 bits per heavy atom. The number of aliphatic hydroxyl groups excluding tert-OH is 1. The van der Waals surface area contributed by atoms with Crippen molar-refractivity contribution in [2.75, 3.05) is 13.7 Å². The van der Waals surface area contributed by atoms with Crippen molar-refractivity contribution in [3.63, 3.8) is 0 Å². The molecular weight excluding hydrogens is 312 g/mol. The molecule has 0 aliphatic carbocycles. The van der Waals surface area contributed by atoms with E-state index in [9.17, 15) is 9.90 Å². The summed E-state index contributed by atoms with van der Waals surface area (Å²) in [5.74, 6) is 0. The molecule has 4 nitrogen and oxygen atoms in total. The maximum absolute atomic E-state index is 11.8. The van der Waals surface area contributed by atoms with Crippen molar-refractivity contribution < 1.29 is 5.11 Å². The van der Waals surface area contributed by atoms with Gasteiger partial charge in [0.05, 0.1) is 19.2 Å². The highest BCUT2D eigenvalue weighted by Gasteiger charge is 2.08. The van der Waals surface area contributed by atoms with Crippen LogP contribution >= 0.6 is 0 Å². The van der Waals surface area contributed by atoms with Crippen molar-refractivity contribution in [1.29, 1.82) is 0 Å². The van der Waals surface area contributed by atoms with E-state index in [-0.39, 0.29) is 18.2 Å². The number of pyridine rings is 1. The second kappa shape index (κ2) is 7.92. The van der Waals surface area contributed by atoms with Crippen molar-refractivity contribution in [2.45, 2.75) is 12.6 Å². The fourth-order valence-corrected chi connectivity index (χ4v) is 2.89. The fourth-order valence-electron chi connectivity index (χ4n) is 2.89. The lowest BCUT2D eigenvalue weighted by molar-refractivity contribution is 0.251. The first-order valence-electron chi connectivity index (χ1n) is 8.34. The summed E-state index contributed by atoms with van der Waals surface area (Å²) >= 11 is 0. The summed E-state index contributed by atoms with van der Waals surface area (Å²) in [4.78, 5) is 11.8. The third-order valence-corrected chi connectivity index (χ3v) is 4.36. The molecular formula is C21H22N2O2. The third-order valence-electron chi connectivity index (χ3n) is 4.36. The molecule has 0 spiro atoms. The molecule has 0 saturated heterocycles. The van der Waals surface area contributed by atoms with E-state index in [1.807, 2.05) is 37.4 Å². The number of hydrogen-bond donors (Lipinski definition) is 2. The van der Waals surface area contributed by atoms with Crippen LogP contribution in [0.15, 0.2) is 77.7 Å². The standard InChI is InChI=1S/C21H22N2O2/c1-22-20(15-24)19-6-4-5-18(13-19)17-10-8-16(9-11-17)14-23-12-3-2-7-21(23)25/h2-13,20,22,24H,14-15H2,1H3. The molecule has 0 amide bonds. The minimum absolute atomic E-state index is 0.00129. The Morgan fingerprint density at radius 2 is 1.80 bits per heavy atom. The summed E-state index contributed by atoms with van der Waals surface area (Å²) in [6.45, 7) is 0.622. The summed E-state index contributed by atoms with van der Waals surface area (Å²) in [6, 6.07) is 21.5. The topological polar surface area (TPSA) is 54.3 Å². The molecule has 128 valence electrons. The zero-order valence-corrected chi connectivity index (χ0v) is 14.2. The minimum Gasteiger partial charge on any atom is -0.394 e. The number of aromatic nitrogens is 1. The highest BCUT2D eigenvalue weighted by atomic mass is 16.3. The Hall–Kier alpha value is -2.69. The van der Waals surface area contributed by atoms with Gasteiger partial charge in [0.15, 0.2) is 0 Å². The Labute approximate surface area is 147 Å². The van der Waals surface area contributed by atoms with E-state index >= 15 is 0 Å². The van der Waals surface area contributed by atoms with Crippen LogP contribution in [0.25, 0.3) is 11.1 Å². The minimum atomic E-state index is -0.0656. The van der Waals surface area contributed by atoms with Gasteiger partial charge in [0.2, 0.25) is 0 Å². The van der Waals surface area contributed by atoms with Crippen LogP contribution in [0.1, 0.15) is 17.2 Å². The molecule has 25 heavy (non-hydrogen) atoms. The van der Waals surface area contributed by atoms with Crippen LogP contribution in [-0.4, -0.2) is 23.3 Å². The van der Waals surface area contributed by atoms with E-state index in [2.05, 4.69) is 29.6 Å². The van der Waals surface area contributed by atoms with Gasteiger partial charge in [-0.1, -0.05) is 48.5 Å². The van der Waals surface area contributed by atoms with Crippen LogP contribution in [-0.2, 0) is 6.54 Å². The molecule has 1 atom stereocenters. The van der Waals surface area contributed by atoms with Crippen LogP contribution in [0.4, 0.5) is 0 Å². The predicted octanol–water partition coefficient (Wildman–Crippen LogP) is 2.82. The van der Waals surface area contributed by atoms with Crippen LogP contribution < -0.4 is 10.9 Å². The zero-order chi connectivity index (χ0) is 17.6. The molecule has 3 aromatic rings. The summed E-state index contributed by atoms with van der Waals surface area (Å²) in [7, 11) is 1.84. The number of nitrogens with zero attached hydrogens (tertiary/aromatic N) is 1. The van der Waals surface area contributed by atoms with E-state index in [1.54, 1.807) is 22.9 Å². The molecule has 0 bridgehead atoms. The monoisotopic (exact) mass is 334 g/mol. The zero-order valence-electron chi connectivity index (χ0n) is 14.2. The summed E-state index contributed by atoms with van der Waals surface area (Å²) in [6.07, 6.45) is 1.80. The van der Waals surface area contributed by atoms with Gasteiger partial charge in [0.25, 0.3) is 5.56 Å². The van der Waals surface area contributed by atoms with E-state index in [4.69, 9.17) is 0 Å². The van der Waals surface area contributed by atoms with Crippen LogP contribution in [0.3, 0.4) is 0 Å². The van der Waals surface area contributed by atoms with E-state index in [1.165, 1.54) is 0 Å². The maximum atomic E-state index is 11.8. The molecule has 0 fully saturated rings. The number of benzene rings is 2. The molecule has 0 saturated carbocycles. The summed E-state index contributed by atoms with van der Waals surface area (Å²) < 4.78 is 1.69. The largest absolute Gasteiger partial charge is 0.394 e. The SMILES string of the molecule is CNC(CO)c1cccc(-c2ccc(Cn3ccccc3=O)cc2)c1. The van der Waals surface area contributed by atoms with Gasteiger partial charge in [-0.25, -0.2) is 0 Å². The quantitative estimate of drug-likeness (QED) is 0.729. The van der Waals surface area contributed by atoms with Gasteiger partial charge in [0.1, 0.15) is 0 Å². The average molecular weight is 334 g/mol. The fraction of sp³-hybridized carbons (Fsp3) is 0.190. The molecule has 0 radical (unpaired) electrons. The molecule has 0 aliphatic rings. The molecule has 0 aliphatic heterocycles. The van der Waals surface area contributed by atoms with Crippen molar-refractivity contribution in [2.24, 2.45) is 0 Å².